The summed E-state index contributed by atoms with van der Waals surface area (Å²) in [7, 11) is 0. The van der Waals surface area contributed by atoms with E-state index in [9.17, 15) is 19.6 Å². The number of amides is 1. The van der Waals surface area contributed by atoms with E-state index in [1.165, 1.54) is 0 Å². The third kappa shape index (κ3) is 3.34. The molecule has 6 rings (SSSR count). The molecule has 216 valence electrons. The van der Waals surface area contributed by atoms with Crippen molar-refractivity contribution < 1.29 is 14.4 Å². The predicted octanol–water partition coefficient (Wildman–Crippen LogP) is 6.83. The van der Waals surface area contributed by atoms with Crippen LogP contribution in [0.4, 0.5) is 0 Å². The number of hydrogen-bond donors (Lipinski definition) is 0. The Morgan fingerprint density at radius 3 is 2.25 bits per heavy atom. The topological polar surface area (TPSA) is 78.2 Å². The summed E-state index contributed by atoms with van der Waals surface area (Å²) in [5, 5.41) is 9.94. The Balaban J connectivity index is 1.50. The first kappa shape index (κ1) is 27.9. The highest BCUT2D eigenvalue weighted by Gasteiger charge is 2.71. The van der Waals surface area contributed by atoms with Crippen molar-refractivity contribution in [3.05, 3.63) is 23.3 Å². The molecule has 7 atom stereocenters. The molecule has 0 aromatic carbocycles. The largest absolute Gasteiger partial charge is 0.342 e. The molecule has 4 fully saturated rings. The fourth-order valence-electron chi connectivity index (χ4n) is 11.2. The minimum Gasteiger partial charge on any atom is -0.342 e. The minimum absolute atomic E-state index is 0.0462. The van der Waals surface area contributed by atoms with Crippen LogP contribution in [0.1, 0.15) is 106 Å². The summed E-state index contributed by atoms with van der Waals surface area (Å²) in [6, 6.07) is 2.20. The first-order valence-electron chi connectivity index (χ1n) is 15.8. The molecule has 0 spiro atoms. The molecular weight excluding hydrogens is 496 g/mol. The van der Waals surface area contributed by atoms with Crippen molar-refractivity contribution in [3.63, 3.8) is 0 Å². The molecule has 0 aromatic heterocycles. The van der Waals surface area contributed by atoms with Crippen molar-refractivity contribution in [1.82, 2.24) is 4.90 Å². The smallest absolute Gasteiger partial charge is 0.229 e. The van der Waals surface area contributed by atoms with E-state index >= 15 is 0 Å². The summed E-state index contributed by atoms with van der Waals surface area (Å²) in [6.45, 7) is 17.2. The highest BCUT2D eigenvalue weighted by molar-refractivity contribution is 6.04. The molecule has 0 unspecified atom stereocenters. The molecule has 3 saturated carbocycles. The van der Waals surface area contributed by atoms with Crippen LogP contribution in [0.2, 0.25) is 0 Å². The summed E-state index contributed by atoms with van der Waals surface area (Å²) in [6.07, 6.45) is 12.4. The lowest BCUT2D eigenvalue weighted by Crippen LogP contribution is -2.66. The summed E-state index contributed by atoms with van der Waals surface area (Å²) >= 11 is 0. The quantitative estimate of drug-likeness (QED) is 0.362. The van der Waals surface area contributed by atoms with Gasteiger partial charge in [0.15, 0.2) is 11.6 Å². The zero-order chi connectivity index (χ0) is 29.1. The molecule has 0 aromatic rings. The molecule has 5 nitrogen and oxygen atoms in total. The molecule has 5 heteroatoms. The number of carbonyl (C=O) groups excluding carboxylic acids is 3. The van der Waals surface area contributed by atoms with E-state index in [0.29, 0.717) is 5.91 Å². The van der Waals surface area contributed by atoms with Crippen molar-refractivity contribution in [2.45, 2.75) is 106 Å². The van der Waals surface area contributed by atoms with Crippen LogP contribution in [0.3, 0.4) is 0 Å². The zero-order valence-electron chi connectivity index (χ0n) is 25.8. The number of rotatable bonds is 1. The van der Waals surface area contributed by atoms with Crippen LogP contribution in [0.25, 0.3) is 0 Å². The number of nitriles is 1. The Morgan fingerprint density at radius 1 is 0.950 bits per heavy atom. The third-order valence-corrected chi connectivity index (χ3v) is 13.7. The van der Waals surface area contributed by atoms with Crippen LogP contribution >= 0.6 is 0 Å². The average Bonchev–Trinajstić information content (AvgIpc) is 3.42. The van der Waals surface area contributed by atoms with Crippen LogP contribution in [0, 0.1) is 61.6 Å². The Hall–Kier alpha value is -2.22. The fourth-order valence-corrected chi connectivity index (χ4v) is 11.2. The lowest BCUT2D eigenvalue weighted by atomic mass is 9.34. The van der Waals surface area contributed by atoms with E-state index in [1.807, 2.05) is 26.0 Å². The Kier molecular flexibility index (Phi) is 5.88. The molecule has 1 amide bonds. The van der Waals surface area contributed by atoms with E-state index < -0.39 is 16.2 Å². The summed E-state index contributed by atoms with van der Waals surface area (Å²) in [5.74, 6) is 0.346. The summed E-state index contributed by atoms with van der Waals surface area (Å²) in [4.78, 5) is 44.4. The van der Waals surface area contributed by atoms with Gasteiger partial charge in [0, 0.05) is 29.8 Å². The van der Waals surface area contributed by atoms with Crippen LogP contribution < -0.4 is 0 Å². The van der Waals surface area contributed by atoms with Crippen molar-refractivity contribution in [2.75, 3.05) is 13.1 Å². The van der Waals surface area contributed by atoms with E-state index in [4.69, 9.17) is 0 Å². The number of carbonyl (C=O) groups is 3. The standard InChI is InChI=1S/C35H48N2O3/c1-30(2)12-14-35(29(40)37-16-8-9-17-37)15-13-34(7)27(23(35)20-30)24(38)18-26-32(5)19-22(21-36)28(39)31(3,4)25(32)10-11-33(26,34)6/h18-19,23,25,27H,8-17,20H2,1-7H3/t23-,25-,27-,32-,33+,34+,35-/m0/s1. The molecule has 0 bridgehead atoms. The van der Waals surface area contributed by atoms with E-state index in [2.05, 4.69) is 45.6 Å². The van der Waals surface area contributed by atoms with Crippen LogP contribution in [0.15, 0.2) is 23.3 Å². The van der Waals surface area contributed by atoms with Gasteiger partial charge in [-0.1, -0.05) is 60.1 Å². The second-order valence-corrected chi connectivity index (χ2v) is 16.4. The van der Waals surface area contributed by atoms with Crippen LogP contribution in [-0.4, -0.2) is 35.5 Å². The second kappa shape index (κ2) is 8.42. The molecule has 1 heterocycles. The van der Waals surface area contributed by atoms with Gasteiger partial charge in [-0.05, 0) is 91.9 Å². The van der Waals surface area contributed by atoms with Crippen molar-refractivity contribution in [3.8, 4) is 6.07 Å². The van der Waals surface area contributed by atoms with Gasteiger partial charge < -0.3 is 4.90 Å². The van der Waals surface area contributed by atoms with Gasteiger partial charge in [-0.15, -0.1) is 0 Å². The number of Topliss-reactive ketones (excluding diaryl/α,β-unsaturated/α-hetero) is 1. The maximum absolute atomic E-state index is 14.6. The van der Waals surface area contributed by atoms with Gasteiger partial charge in [-0.2, -0.15) is 5.26 Å². The van der Waals surface area contributed by atoms with Gasteiger partial charge >= 0.3 is 0 Å². The monoisotopic (exact) mass is 544 g/mol. The molecule has 0 N–H and O–H groups in total. The molecule has 5 aliphatic carbocycles. The van der Waals surface area contributed by atoms with Crippen LogP contribution in [0.5, 0.6) is 0 Å². The van der Waals surface area contributed by atoms with Crippen molar-refractivity contribution in [2.24, 2.45) is 50.2 Å². The molecule has 1 aliphatic heterocycles. The fraction of sp³-hybridized carbons (Fsp3) is 0.771. The lowest BCUT2D eigenvalue weighted by Gasteiger charge is -2.69. The predicted molar refractivity (Wildman–Crippen MR) is 155 cm³/mol. The van der Waals surface area contributed by atoms with Gasteiger partial charge in [-0.3, -0.25) is 14.4 Å². The van der Waals surface area contributed by atoms with Gasteiger partial charge in [0.2, 0.25) is 5.91 Å². The molecule has 1 saturated heterocycles. The van der Waals surface area contributed by atoms with Crippen molar-refractivity contribution in [1.29, 1.82) is 5.26 Å². The van der Waals surface area contributed by atoms with E-state index in [1.54, 1.807) is 0 Å². The molecule has 6 aliphatic rings. The third-order valence-electron chi connectivity index (χ3n) is 13.7. The van der Waals surface area contributed by atoms with Crippen molar-refractivity contribution >= 4 is 17.5 Å². The second-order valence-electron chi connectivity index (χ2n) is 16.4. The average molecular weight is 545 g/mol. The Labute approximate surface area is 240 Å². The normalized spacial score (nSPS) is 45.2. The number of likely N-dealkylation sites (tertiary alicyclic amines) is 1. The van der Waals surface area contributed by atoms with Gasteiger partial charge in [0.25, 0.3) is 0 Å². The number of hydrogen-bond acceptors (Lipinski definition) is 4. The Morgan fingerprint density at radius 2 is 1.60 bits per heavy atom. The highest BCUT2D eigenvalue weighted by atomic mass is 16.2. The maximum atomic E-state index is 14.6. The first-order chi connectivity index (χ1) is 18.6. The number of fused-ring (bicyclic) bond motifs is 7. The molecular formula is C35H48N2O3. The maximum Gasteiger partial charge on any atom is 0.229 e. The van der Waals surface area contributed by atoms with Gasteiger partial charge in [0.1, 0.15) is 6.07 Å². The van der Waals surface area contributed by atoms with Crippen LogP contribution in [-0.2, 0) is 14.4 Å². The number of nitrogens with zero attached hydrogens (tertiary/aromatic N) is 2. The number of ketones is 2. The van der Waals surface area contributed by atoms with Gasteiger partial charge in [0.05, 0.1) is 11.0 Å². The molecule has 40 heavy (non-hydrogen) atoms. The summed E-state index contributed by atoms with van der Waals surface area (Å²) in [5.41, 5.74) is -0.668. The summed E-state index contributed by atoms with van der Waals surface area (Å²) < 4.78 is 0. The first-order valence-corrected chi connectivity index (χ1v) is 15.8. The SMILES string of the molecule is CC1(C)CC[C@]2(C(=O)N3CCCC3)CC[C@]3(C)[C@H](C(=O)C=C4[C@@]5(C)C=C(C#N)C(=O)C(C)(C)[C@@H]5CC[C@]43C)[C@@H]2C1. The molecule has 0 radical (unpaired) electrons. The van der Waals surface area contributed by atoms with E-state index in [0.717, 1.165) is 76.5 Å². The van der Waals surface area contributed by atoms with Gasteiger partial charge in [-0.25, -0.2) is 0 Å². The lowest BCUT2D eigenvalue weighted by molar-refractivity contribution is -0.183. The Bertz CT molecular complexity index is 1290. The minimum atomic E-state index is -0.658. The highest BCUT2D eigenvalue weighted by Crippen LogP contribution is 2.74. The zero-order valence-corrected chi connectivity index (χ0v) is 25.8. The number of allylic oxidation sites excluding steroid dienone is 4. The van der Waals surface area contributed by atoms with E-state index in [-0.39, 0.29) is 51.1 Å².